The summed E-state index contributed by atoms with van der Waals surface area (Å²) in [6, 6.07) is 1.93. The van der Waals surface area contributed by atoms with E-state index in [1.807, 2.05) is 6.07 Å². The molecule has 3 unspecified atom stereocenters. The van der Waals surface area contributed by atoms with Crippen molar-refractivity contribution in [1.29, 1.82) is 0 Å². The molecule has 1 aliphatic carbocycles. The van der Waals surface area contributed by atoms with Gasteiger partial charge in [-0.25, -0.2) is 0 Å². The predicted octanol–water partition coefficient (Wildman–Crippen LogP) is 3.70. The Labute approximate surface area is 97.7 Å². The summed E-state index contributed by atoms with van der Waals surface area (Å²) < 4.78 is 5.39. The van der Waals surface area contributed by atoms with E-state index in [1.165, 1.54) is 12.8 Å². The smallest absolute Gasteiger partial charge is 0.109 e. The van der Waals surface area contributed by atoms with E-state index in [4.69, 9.17) is 4.42 Å². The zero-order valence-electron chi connectivity index (χ0n) is 10.3. The van der Waals surface area contributed by atoms with Gasteiger partial charge in [0.05, 0.1) is 12.4 Å². The second-order valence-corrected chi connectivity index (χ2v) is 5.13. The van der Waals surface area contributed by atoms with Gasteiger partial charge in [-0.1, -0.05) is 26.7 Å². The van der Waals surface area contributed by atoms with Gasteiger partial charge < -0.3 is 9.52 Å². The maximum atomic E-state index is 10.4. The van der Waals surface area contributed by atoms with Crippen LogP contribution >= 0.6 is 0 Å². The van der Waals surface area contributed by atoms with Gasteiger partial charge in [0.15, 0.2) is 0 Å². The molecule has 3 atom stereocenters. The molecule has 0 spiro atoms. The standard InChI is InChI=1S/C14H22O2/c1-3-13-12(7-8-16-13)14(15)11-6-4-5-10(2)9-11/h7-8,10-11,14-15H,3-6,9H2,1-2H3. The maximum absolute atomic E-state index is 10.4. The van der Waals surface area contributed by atoms with Crippen LogP contribution in [0.2, 0.25) is 0 Å². The Hall–Kier alpha value is -0.760. The lowest BCUT2D eigenvalue weighted by Crippen LogP contribution is -2.20. The van der Waals surface area contributed by atoms with Crippen LogP contribution in [0.25, 0.3) is 0 Å². The first-order chi connectivity index (χ1) is 7.72. The van der Waals surface area contributed by atoms with E-state index in [-0.39, 0.29) is 6.10 Å². The van der Waals surface area contributed by atoms with Crippen LogP contribution in [0.1, 0.15) is 57.0 Å². The summed E-state index contributed by atoms with van der Waals surface area (Å²) in [6.07, 6.45) is 7.11. The highest BCUT2D eigenvalue weighted by molar-refractivity contribution is 5.20. The van der Waals surface area contributed by atoms with Gasteiger partial charge in [-0.3, -0.25) is 0 Å². The fourth-order valence-electron chi connectivity index (χ4n) is 2.92. The van der Waals surface area contributed by atoms with E-state index in [9.17, 15) is 5.11 Å². The average molecular weight is 222 g/mol. The molecule has 0 bridgehead atoms. The summed E-state index contributed by atoms with van der Waals surface area (Å²) in [5.41, 5.74) is 1.02. The minimum atomic E-state index is -0.323. The van der Waals surface area contributed by atoms with Gasteiger partial charge >= 0.3 is 0 Å². The first-order valence-corrected chi connectivity index (χ1v) is 6.46. The van der Waals surface area contributed by atoms with Gasteiger partial charge in [0, 0.05) is 12.0 Å². The fourth-order valence-corrected chi connectivity index (χ4v) is 2.92. The average Bonchev–Trinajstić information content (AvgIpc) is 2.76. The lowest BCUT2D eigenvalue weighted by atomic mass is 9.78. The Morgan fingerprint density at radius 1 is 1.50 bits per heavy atom. The third kappa shape index (κ3) is 2.32. The number of rotatable bonds is 3. The van der Waals surface area contributed by atoms with Crippen molar-refractivity contribution in [3.63, 3.8) is 0 Å². The van der Waals surface area contributed by atoms with Gasteiger partial charge in [-0.05, 0) is 30.7 Å². The van der Waals surface area contributed by atoms with E-state index in [0.717, 1.165) is 36.5 Å². The molecule has 0 aromatic carbocycles. The van der Waals surface area contributed by atoms with Gasteiger partial charge in [0.2, 0.25) is 0 Å². The van der Waals surface area contributed by atoms with E-state index in [1.54, 1.807) is 6.26 Å². The number of aliphatic hydroxyl groups excluding tert-OH is 1. The minimum Gasteiger partial charge on any atom is -0.469 e. The quantitative estimate of drug-likeness (QED) is 0.846. The molecular weight excluding hydrogens is 200 g/mol. The molecule has 16 heavy (non-hydrogen) atoms. The molecule has 0 saturated heterocycles. The Balaban J connectivity index is 2.09. The Bertz CT molecular complexity index is 329. The second-order valence-electron chi connectivity index (χ2n) is 5.13. The van der Waals surface area contributed by atoms with Crippen molar-refractivity contribution >= 4 is 0 Å². The molecule has 0 radical (unpaired) electrons. The van der Waals surface area contributed by atoms with Crippen molar-refractivity contribution in [1.82, 2.24) is 0 Å². The summed E-state index contributed by atoms with van der Waals surface area (Å²) in [4.78, 5) is 0. The third-order valence-corrected chi connectivity index (χ3v) is 3.84. The first kappa shape index (κ1) is 11.7. The van der Waals surface area contributed by atoms with E-state index >= 15 is 0 Å². The molecule has 0 aliphatic heterocycles. The molecule has 2 heteroatoms. The van der Waals surface area contributed by atoms with Crippen LogP contribution in [-0.2, 0) is 6.42 Å². The highest BCUT2D eigenvalue weighted by Gasteiger charge is 2.28. The van der Waals surface area contributed by atoms with Crippen LogP contribution in [0.5, 0.6) is 0 Å². The van der Waals surface area contributed by atoms with E-state index in [2.05, 4.69) is 13.8 Å². The van der Waals surface area contributed by atoms with Gasteiger partial charge in [0.1, 0.15) is 5.76 Å². The monoisotopic (exact) mass is 222 g/mol. The molecule has 1 N–H and O–H groups in total. The highest BCUT2D eigenvalue weighted by Crippen LogP contribution is 2.38. The van der Waals surface area contributed by atoms with Crippen LogP contribution in [-0.4, -0.2) is 5.11 Å². The van der Waals surface area contributed by atoms with Crippen molar-refractivity contribution in [3.05, 3.63) is 23.7 Å². The third-order valence-electron chi connectivity index (χ3n) is 3.84. The Morgan fingerprint density at radius 3 is 3.00 bits per heavy atom. The summed E-state index contributed by atoms with van der Waals surface area (Å²) in [7, 11) is 0. The van der Waals surface area contributed by atoms with Crippen LogP contribution < -0.4 is 0 Å². The van der Waals surface area contributed by atoms with Crippen molar-refractivity contribution in [2.75, 3.05) is 0 Å². The van der Waals surface area contributed by atoms with Crippen molar-refractivity contribution in [2.45, 2.75) is 52.1 Å². The molecule has 1 aromatic rings. The molecule has 1 heterocycles. The Kier molecular flexibility index (Phi) is 3.70. The molecule has 90 valence electrons. The lowest BCUT2D eigenvalue weighted by molar-refractivity contribution is 0.0700. The van der Waals surface area contributed by atoms with Crippen LogP contribution in [0, 0.1) is 11.8 Å². The van der Waals surface area contributed by atoms with Crippen molar-refractivity contribution in [2.24, 2.45) is 11.8 Å². The number of hydrogen-bond donors (Lipinski definition) is 1. The SMILES string of the molecule is CCc1occc1C(O)C1CCCC(C)C1. The second kappa shape index (κ2) is 5.05. The van der Waals surface area contributed by atoms with Crippen LogP contribution in [0.15, 0.2) is 16.7 Å². The molecular formula is C14H22O2. The molecule has 1 fully saturated rings. The number of furan rings is 1. The highest BCUT2D eigenvalue weighted by atomic mass is 16.3. The normalized spacial score (nSPS) is 27.9. The summed E-state index contributed by atoms with van der Waals surface area (Å²) >= 11 is 0. The number of aliphatic hydroxyl groups is 1. The fraction of sp³-hybridized carbons (Fsp3) is 0.714. The van der Waals surface area contributed by atoms with Gasteiger partial charge in [-0.2, -0.15) is 0 Å². The minimum absolute atomic E-state index is 0.323. The molecule has 2 nitrogen and oxygen atoms in total. The van der Waals surface area contributed by atoms with Gasteiger partial charge in [0.25, 0.3) is 0 Å². The number of hydrogen-bond acceptors (Lipinski definition) is 2. The molecule has 1 aromatic heterocycles. The summed E-state index contributed by atoms with van der Waals surface area (Å²) in [6.45, 7) is 4.35. The van der Waals surface area contributed by atoms with Crippen molar-refractivity contribution < 1.29 is 9.52 Å². The van der Waals surface area contributed by atoms with E-state index in [0.29, 0.717) is 5.92 Å². The zero-order chi connectivity index (χ0) is 11.5. The molecule has 0 amide bonds. The van der Waals surface area contributed by atoms with E-state index < -0.39 is 0 Å². The topological polar surface area (TPSA) is 33.4 Å². The lowest BCUT2D eigenvalue weighted by Gasteiger charge is -2.30. The molecule has 1 aliphatic rings. The zero-order valence-corrected chi connectivity index (χ0v) is 10.3. The first-order valence-electron chi connectivity index (χ1n) is 6.46. The predicted molar refractivity (Wildman–Crippen MR) is 64.2 cm³/mol. The van der Waals surface area contributed by atoms with Crippen molar-refractivity contribution in [3.8, 4) is 0 Å². The molecule has 1 saturated carbocycles. The maximum Gasteiger partial charge on any atom is 0.109 e. The summed E-state index contributed by atoms with van der Waals surface area (Å²) in [5.74, 6) is 2.13. The van der Waals surface area contributed by atoms with Crippen LogP contribution in [0.4, 0.5) is 0 Å². The number of aryl methyl sites for hydroxylation is 1. The largest absolute Gasteiger partial charge is 0.469 e. The van der Waals surface area contributed by atoms with Crippen LogP contribution in [0.3, 0.4) is 0 Å². The molecule has 2 rings (SSSR count). The summed E-state index contributed by atoms with van der Waals surface area (Å²) in [5, 5.41) is 10.4. The Morgan fingerprint density at radius 2 is 2.31 bits per heavy atom. The van der Waals surface area contributed by atoms with Gasteiger partial charge in [-0.15, -0.1) is 0 Å².